The van der Waals surface area contributed by atoms with Crippen LogP contribution in [0.2, 0.25) is 0 Å². The van der Waals surface area contributed by atoms with Gasteiger partial charge >= 0.3 is 0 Å². The number of aryl methyl sites for hydroxylation is 1. The zero-order valence-corrected chi connectivity index (χ0v) is 10.9. The minimum Gasteiger partial charge on any atom is -0.306 e. The second-order valence-corrected chi connectivity index (χ2v) is 4.44. The highest BCUT2D eigenvalue weighted by molar-refractivity contribution is 5.41. The SMILES string of the molecule is Cc1[nH]ncc1CNC(C)c1ccccc1[N+](=O)[O-]. The van der Waals surface area contributed by atoms with Crippen LogP contribution in [-0.2, 0) is 6.54 Å². The van der Waals surface area contributed by atoms with Gasteiger partial charge in [0.05, 0.1) is 11.1 Å². The van der Waals surface area contributed by atoms with Crippen molar-refractivity contribution < 1.29 is 4.92 Å². The number of nitro groups is 1. The van der Waals surface area contributed by atoms with Crippen molar-refractivity contribution in [2.45, 2.75) is 26.4 Å². The predicted octanol–water partition coefficient (Wildman–Crippen LogP) is 2.48. The van der Waals surface area contributed by atoms with Crippen LogP contribution in [0.5, 0.6) is 0 Å². The van der Waals surface area contributed by atoms with E-state index < -0.39 is 0 Å². The Morgan fingerprint density at radius 1 is 1.47 bits per heavy atom. The zero-order chi connectivity index (χ0) is 13.8. The van der Waals surface area contributed by atoms with E-state index >= 15 is 0 Å². The molecule has 100 valence electrons. The molecule has 0 saturated heterocycles. The van der Waals surface area contributed by atoms with Gasteiger partial charge < -0.3 is 5.32 Å². The van der Waals surface area contributed by atoms with Gasteiger partial charge in [-0.15, -0.1) is 0 Å². The van der Waals surface area contributed by atoms with Crippen LogP contribution in [0.1, 0.15) is 29.8 Å². The maximum absolute atomic E-state index is 11.0. The molecule has 0 aliphatic carbocycles. The van der Waals surface area contributed by atoms with E-state index in [4.69, 9.17) is 0 Å². The van der Waals surface area contributed by atoms with Crippen molar-refractivity contribution in [3.05, 3.63) is 57.4 Å². The standard InChI is InChI=1S/C13H16N4O2/c1-9-11(8-15-16-9)7-14-10(2)12-5-3-4-6-13(12)17(18)19/h3-6,8,10,14H,7H2,1-2H3,(H,15,16). The second-order valence-electron chi connectivity index (χ2n) is 4.44. The van der Waals surface area contributed by atoms with E-state index in [-0.39, 0.29) is 16.7 Å². The van der Waals surface area contributed by atoms with Crippen molar-refractivity contribution in [1.29, 1.82) is 0 Å². The third kappa shape index (κ3) is 2.97. The number of benzene rings is 1. The molecule has 0 radical (unpaired) electrons. The number of para-hydroxylation sites is 1. The van der Waals surface area contributed by atoms with Gasteiger partial charge in [-0.25, -0.2) is 0 Å². The van der Waals surface area contributed by atoms with E-state index in [2.05, 4.69) is 15.5 Å². The number of hydrogen-bond acceptors (Lipinski definition) is 4. The Morgan fingerprint density at radius 2 is 2.21 bits per heavy atom. The van der Waals surface area contributed by atoms with Crippen molar-refractivity contribution >= 4 is 5.69 Å². The van der Waals surface area contributed by atoms with Gasteiger partial charge in [0, 0.05) is 35.5 Å². The Hall–Kier alpha value is -2.21. The predicted molar refractivity (Wildman–Crippen MR) is 71.7 cm³/mol. The Morgan fingerprint density at radius 3 is 2.84 bits per heavy atom. The fraction of sp³-hybridized carbons (Fsp3) is 0.308. The summed E-state index contributed by atoms with van der Waals surface area (Å²) >= 11 is 0. The summed E-state index contributed by atoms with van der Waals surface area (Å²) in [5, 5.41) is 21.1. The van der Waals surface area contributed by atoms with Gasteiger partial charge in [-0.3, -0.25) is 15.2 Å². The van der Waals surface area contributed by atoms with E-state index in [0.29, 0.717) is 12.1 Å². The third-order valence-electron chi connectivity index (χ3n) is 3.13. The molecule has 0 amide bonds. The smallest absolute Gasteiger partial charge is 0.274 e. The van der Waals surface area contributed by atoms with Crippen molar-refractivity contribution in [2.75, 3.05) is 0 Å². The van der Waals surface area contributed by atoms with Crippen molar-refractivity contribution in [3.63, 3.8) is 0 Å². The van der Waals surface area contributed by atoms with Gasteiger partial charge in [-0.1, -0.05) is 18.2 Å². The first-order valence-corrected chi connectivity index (χ1v) is 6.05. The summed E-state index contributed by atoms with van der Waals surface area (Å²) in [5.41, 5.74) is 2.90. The number of aromatic amines is 1. The average molecular weight is 260 g/mol. The van der Waals surface area contributed by atoms with Crippen molar-refractivity contribution in [1.82, 2.24) is 15.5 Å². The number of nitrogens with zero attached hydrogens (tertiary/aromatic N) is 2. The molecule has 6 nitrogen and oxygen atoms in total. The molecule has 1 unspecified atom stereocenters. The number of nitrogens with one attached hydrogen (secondary N) is 2. The lowest BCUT2D eigenvalue weighted by Gasteiger charge is -2.14. The summed E-state index contributed by atoms with van der Waals surface area (Å²) in [6.07, 6.45) is 1.76. The average Bonchev–Trinajstić information content (AvgIpc) is 2.81. The van der Waals surface area contributed by atoms with Crippen LogP contribution in [-0.4, -0.2) is 15.1 Å². The lowest BCUT2D eigenvalue weighted by molar-refractivity contribution is -0.385. The molecular weight excluding hydrogens is 244 g/mol. The highest BCUT2D eigenvalue weighted by atomic mass is 16.6. The molecule has 1 heterocycles. The van der Waals surface area contributed by atoms with Gasteiger partial charge in [0.2, 0.25) is 0 Å². The molecule has 2 N–H and O–H groups in total. The fourth-order valence-electron chi connectivity index (χ4n) is 1.95. The molecule has 2 aromatic rings. The van der Waals surface area contributed by atoms with Gasteiger partial charge in [0.25, 0.3) is 5.69 Å². The summed E-state index contributed by atoms with van der Waals surface area (Å²) in [7, 11) is 0. The molecule has 6 heteroatoms. The Labute approximate surface area is 111 Å². The number of hydrogen-bond donors (Lipinski definition) is 2. The zero-order valence-electron chi connectivity index (χ0n) is 10.9. The molecule has 0 aliphatic heterocycles. The summed E-state index contributed by atoms with van der Waals surface area (Å²) < 4.78 is 0. The molecule has 2 rings (SSSR count). The van der Waals surface area contributed by atoms with Crippen LogP contribution in [0, 0.1) is 17.0 Å². The van der Waals surface area contributed by atoms with Crippen molar-refractivity contribution in [3.8, 4) is 0 Å². The van der Waals surface area contributed by atoms with Crippen LogP contribution in [0.15, 0.2) is 30.5 Å². The highest BCUT2D eigenvalue weighted by Crippen LogP contribution is 2.24. The van der Waals surface area contributed by atoms with E-state index in [1.165, 1.54) is 6.07 Å². The first kappa shape index (κ1) is 13.2. The number of H-pyrrole nitrogens is 1. The monoisotopic (exact) mass is 260 g/mol. The number of nitro benzene ring substituents is 1. The Balaban J connectivity index is 2.10. The maximum Gasteiger partial charge on any atom is 0.274 e. The largest absolute Gasteiger partial charge is 0.306 e. The minimum atomic E-state index is -0.351. The summed E-state index contributed by atoms with van der Waals surface area (Å²) in [4.78, 5) is 10.6. The summed E-state index contributed by atoms with van der Waals surface area (Å²) in [6, 6.07) is 6.68. The lowest BCUT2D eigenvalue weighted by atomic mass is 10.1. The molecule has 0 spiro atoms. The molecule has 0 aliphatic rings. The van der Waals surface area contributed by atoms with Crippen LogP contribution in [0.4, 0.5) is 5.69 Å². The molecule has 1 aromatic heterocycles. The second kappa shape index (κ2) is 5.62. The van der Waals surface area contributed by atoms with Gasteiger partial charge in [0.1, 0.15) is 0 Å². The summed E-state index contributed by atoms with van der Waals surface area (Å²) in [5.74, 6) is 0. The van der Waals surface area contributed by atoms with E-state index in [0.717, 1.165) is 11.3 Å². The van der Waals surface area contributed by atoms with Crippen LogP contribution in [0.3, 0.4) is 0 Å². The quantitative estimate of drug-likeness (QED) is 0.639. The number of rotatable bonds is 5. The highest BCUT2D eigenvalue weighted by Gasteiger charge is 2.17. The van der Waals surface area contributed by atoms with Gasteiger partial charge in [0.15, 0.2) is 0 Å². The topological polar surface area (TPSA) is 83.8 Å². The molecule has 0 fully saturated rings. The Kier molecular flexibility index (Phi) is 3.91. The van der Waals surface area contributed by atoms with E-state index in [1.54, 1.807) is 18.3 Å². The third-order valence-corrected chi connectivity index (χ3v) is 3.13. The minimum absolute atomic E-state index is 0.101. The van der Waals surface area contributed by atoms with Crippen molar-refractivity contribution in [2.24, 2.45) is 0 Å². The first-order valence-electron chi connectivity index (χ1n) is 6.05. The number of aromatic nitrogens is 2. The normalized spacial score (nSPS) is 12.3. The van der Waals surface area contributed by atoms with Crippen LogP contribution in [0.25, 0.3) is 0 Å². The van der Waals surface area contributed by atoms with Gasteiger partial charge in [-0.2, -0.15) is 5.10 Å². The lowest BCUT2D eigenvalue weighted by Crippen LogP contribution is -2.19. The van der Waals surface area contributed by atoms with Gasteiger partial charge in [-0.05, 0) is 13.8 Å². The molecule has 0 bridgehead atoms. The van der Waals surface area contributed by atoms with Crippen LogP contribution >= 0.6 is 0 Å². The molecule has 1 atom stereocenters. The van der Waals surface area contributed by atoms with E-state index in [9.17, 15) is 10.1 Å². The molecular formula is C13H16N4O2. The first-order chi connectivity index (χ1) is 9.09. The molecule has 0 saturated carbocycles. The molecule has 19 heavy (non-hydrogen) atoms. The molecule has 1 aromatic carbocycles. The van der Waals surface area contributed by atoms with Crippen LogP contribution < -0.4 is 5.32 Å². The maximum atomic E-state index is 11.0. The Bertz CT molecular complexity index is 580. The summed E-state index contributed by atoms with van der Waals surface area (Å²) in [6.45, 7) is 4.48. The fourth-order valence-corrected chi connectivity index (χ4v) is 1.95. The van der Waals surface area contributed by atoms with E-state index in [1.807, 2.05) is 19.9 Å².